The first-order valence-corrected chi connectivity index (χ1v) is 12.7. The van der Waals surface area contributed by atoms with Gasteiger partial charge >= 0.3 is 0 Å². The highest BCUT2D eigenvalue weighted by atomic mass is 79.9. The molecule has 3 heteroatoms. The summed E-state index contributed by atoms with van der Waals surface area (Å²) in [6, 6.07) is 17.3. The summed E-state index contributed by atoms with van der Waals surface area (Å²) in [4.78, 5) is 2.60. The lowest BCUT2D eigenvalue weighted by Gasteiger charge is -2.26. The molecule has 0 saturated heterocycles. The number of nitrogens with one attached hydrogen (secondary N) is 1. The van der Waals surface area contributed by atoms with Gasteiger partial charge in [-0.2, -0.15) is 0 Å². The topological polar surface area (TPSA) is 15.3 Å². The molecule has 0 heterocycles. The summed E-state index contributed by atoms with van der Waals surface area (Å²) in [6.45, 7) is 15.7. The lowest BCUT2D eigenvalue weighted by Crippen LogP contribution is -2.22. The monoisotopic (exact) mass is 518 g/mol. The van der Waals surface area contributed by atoms with E-state index in [0.29, 0.717) is 0 Å². The number of nitrogens with zero attached hydrogens (tertiary/aromatic N) is 1. The van der Waals surface area contributed by atoms with Crippen molar-refractivity contribution in [2.24, 2.45) is 5.41 Å². The molecule has 0 fully saturated rings. The van der Waals surface area contributed by atoms with E-state index in [2.05, 4.69) is 152 Å². The number of rotatable bonds is 10. The molecule has 1 N–H and O–H groups in total. The zero-order valence-corrected chi connectivity index (χ0v) is 23.1. The molecule has 1 unspecified atom stereocenters. The van der Waals surface area contributed by atoms with E-state index in [-0.39, 0.29) is 10.2 Å². The molecule has 34 heavy (non-hydrogen) atoms. The Labute approximate surface area is 215 Å². The summed E-state index contributed by atoms with van der Waals surface area (Å²) in [7, 11) is 1.94. The molecule has 2 nitrogen and oxygen atoms in total. The average molecular weight is 520 g/mol. The average Bonchev–Trinajstić information content (AvgIpc) is 2.81. The number of benzene rings is 2. The molecular formula is C31H39BrN2. The van der Waals surface area contributed by atoms with Gasteiger partial charge in [0.1, 0.15) is 0 Å². The van der Waals surface area contributed by atoms with Crippen LogP contribution in [0.1, 0.15) is 34.6 Å². The maximum atomic E-state index is 3.94. The molecule has 0 aromatic heterocycles. The van der Waals surface area contributed by atoms with Crippen molar-refractivity contribution in [1.29, 1.82) is 0 Å². The van der Waals surface area contributed by atoms with Gasteiger partial charge in [-0.1, -0.05) is 97.9 Å². The third-order valence-electron chi connectivity index (χ3n) is 5.58. The Morgan fingerprint density at radius 3 is 2.09 bits per heavy atom. The lowest BCUT2D eigenvalue weighted by molar-refractivity contribution is 0.516. The fourth-order valence-electron chi connectivity index (χ4n) is 3.67. The first kappa shape index (κ1) is 27.5. The van der Waals surface area contributed by atoms with Crippen molar-refractivity contribution in [3.8, 4) is 11.1 Å². The summed E-state index contributed by atoms with van der Waals surface area (Å²) in [5, 5.41) is 3.17. The van der Waals surface area contributed by atoms with E-state index < -0.39 is 0 Å². The molecule has 0 saturated carbocycles. The van der Waals surface area contributed by atoms with Gasteiger partial charge in [-0.05, 0) is 72.4 Å². The molecule has 0 radical (unpaired) electrons. The van der Waals surface area contributed by atoms with Gasteiger partial charge in [0, 0.05) is 35.5 Å². The minimum Gasteiger partial charge on any atom is -0.388 e. The van der Waals surface area contributed by atoms with Crippen molar-refractivity contribution in [1.82, 2.24) is 0 Å². The van der Waals surface area contributed by atoms with Crippen LogP contribution in [0.3, 0.4) is 0 Å². The van der Waals surface area contributed by atoms with E-state index in [9.17, 15) is 0 Å². The Kier molecular flexibility index (Phi) is 10.7. The number of anilines is 2. The van der Waals surface area contributed by atoms with Crippen LogP contribution in [-0.4, -0.2) is 18.4 Å². The Balaban J connectivity index is 2.41. The molecule has 0 bridgehead atoms. The number of allylic oxidation sites excluding steroid dienone is 7. The fraction of sp³-hybridized carbons (Fsp3) is 0.290. The quantitative estimate of drug-likeness (QED) is 0.249. The predicted octanol–water partition coefficient (Wildman–Crippen LogP) is 9.16. The molecule has 1 atom stereocenters. The van der Waals surface area contributed by atoms with Gasteiger partial charge in [0.2, 0.25) is 0 Å². The van der Waals surface area contributed by atoms with Crippen molar-refractivity contribution in [3.05, 3.63) is 109 Å². The maximum Gasteiger partial charge on any atom is 0.0415 e. The number of hydrogen-bond acceptors (Lipinski definition) is 2. The highest BCUT2D eigenvalue weighted by molar-refractivity contribution is 9.09. The Hall–Kier alpha value is -2.78. The highest BCUT2D eigenvalue weighted by Gasteiger charge is 2.14. The van der Waals surface area contributed by atoms with Gasteiger partial charge in [0.15, 0.2) is 0 Å². The Bertz CT molecular complexity index is 1030. The van der Waals surface area contributed by atoms with Gasteiger partial charge in [-0.3, -0.25) is 0 Å². The minimum atomic E-state index is 0.117. The molecule has 0 aliphatic carbocycles. The summed E-state index contributed by atoms with van der Waals surface area (Å²) in [6.07, 6.45) is 14.9. The van der Waals surface area contributed by atoms with Crippen LogP contribution < -0.4 is 10.2 Å². The van der Waals surface area contributed by atoms with Crippen LogP contribution in [0, 0.1) is 5.41 Å². The SMILES string of the molecule is C=C/C=C(\C=C/C(C)Br)N(C/C=C\C(=C/C)C(C)(C)C)c1ccc(-c2ccc(NC)cc2)cc1. The molecule has 180 valence electrons. The molecule has 2 rings (SSSR count). The lowest BCUT2D eigenvalue weighted by atomic mass is 9.86. The second-order valence-corrected chi connectivity index (χ2v) is 10.7. The summed E-state index contributed by atoms with van der Waals surface area (Å²) >= 11 is 3.62. The largest absolute Gasteiger partial charge is 0.388 e. The summed E-state index contributed by atoms with van der Waals surface area (Å²) < 4.78 is 0. The van der Waals surface area contributed by atoms with Gasteiger partial charge in [-0.15, -0.1) is 0 Å². The first-order valence-electron chi connectivity index (χ1n) is 11.8. The van der Waals surface area contributed by atoms with Crippen LogP contribution in [-0.2, 0) is 0 Å². The van der Waals surface area contributed by atoms with E-state index >= 15 is 0 Å². The van der Waals surface area contributed by atoms with E-state index in [0.717, 1.165) is 23.6 Å². The second kappa shape index (κ2) is 13.2. The molecule has 0 aliphatic rings. The van der Waals surface area contributed by atoms with Crippen LogP contribution >= 0.6 is 15.9 Å². The van der Waals surface area contributed by atoms with Crippen molar-refractivity contribution in [2.45, 2.75) is 39.4 Å². The second-order valence-electron chi connectivity index (χ2n) is 9.25. The van der Waals surface area contributed by atoms with Crippen LogP contribution in [0.15, 0.2) is 109 Å². The normalized spacial score (nSPS) is 14.0. The molecular weight excluding hydrogens is 480 g/mol. The van der Waals surface area contributed by atoms with E-state index in [1.807, 2.05) is 13.1 Å². The van der Waals surface area contributed by atoms with Gasteiger partial charge in [0.05, 0.1) is 0 Å². The molecule has 0 aliphatic heterocycles. The molecule has 2 aromatic carbocycles. The van der Waals surface area contributed by atoms with Crippen molar-refractivity contribution in [3.63, 3.8) is 0 Å². The van der Waals surface area contributed by atoms with Crippen LogP contribution in [0.2, 0.25) is 0 Å². The smallest absolute Gasteiger partial charge is 0.0415 e. The van der Waals surface area contributed by atoms with Crippen molar-refractivity contribution in [2.75, 3.05) is 23.8 Å². The Morgan fingerprint density at radius 1 is 1.03 bits per heavy atom. The minimum absolute atomic E-state index is 0.117. The van der Waals surface area contributed by atoms with Crippen LogP contribution in [0.5, 0.6) is 0 Å². The zero-order valence-electron chi connectivity index (χ0n) is 21.5. The first-order chi connectivity index (χ1) is 16.2. The third-order valence-corrected chi connectivity index (χ3v) is 5.89. The predicted molar refractivity (Wildman–Crippen MR) is 157 cm³/mol. The van der Waals surface area contributed by atoms with Crippen molar-refractivity contribution >= 4 is 27.3 Å². The van der Waals surface area contributed by atoms with Crippen LogP contribution in [0.4, 0.5) is 11.4 Å². The number of halogens is 1. The highest BCUT2D eigenvalue weighted by Crippen LogP contribution is 2.28. The molecule has 0 spiro atoms. The number of alkyl halides is 1. The van der Waals surface area contributed by atoms with E-state index in [1.54, 1.807) is 0 Å². The standard InChI is InChI=1S/C31H39BrN2/c1-8-11-29(20-13-24(3)32)34(23-10-12-27(9-2)31(4,5)6)30-21-16-26(17-22-30)25-14-18-28(33-7)19-15-25/h8-22,24,33H,1,23H2,2-7H3/b12-10-,20-13-,27-9+,29-11+. The van der Waals surface area contributed by atoms with Gasteiger partial charge < -0.3 is 10.2 Å². The maximum absolute atomic E-state index is 3.94. The summed E-state index contributed by atoms with van der Waals surface area (Å²) in [5.74, 6) is 0. The summed E-state index contributed by atoms with van der Waals surface area (Å²) in [5.41, 5.74) is 7.19. The Morgan fingerprint density at radius 2 is 1.62 bits per heavy atom. The number of hydrogen-bond donors (Lipinski definition) is 1. The van der Waals surface area contributed by atoms with Gasteiger partial charge in [0.25, 0.3) is 0 Å². The fourth-order valence-corrected chi connectivity index (χ4v) is 3.83. The molecule has 0 amide bonds. The molecule has 2 aromatic rings. The van der Waals surface area contributed by atoms with E-state index in [4.69, 9.17) is 0 Å². The zero-order chi connectivity index (χ0) is 25.1. The van der Waals surface area contributed by atoms with Gasteiger partial charge in [-0.25, -0.2) is 0 Å². The van der Waals surface area contributed by atoms with Crippen LogP contribution in [0.25, 0.3) is 11.1 Å². The van der Waals surface area contributed by atoms with E-state index in [1.165, 1.54) is 16.7 Å². The third kappa shape index (κ3) is 8.22. The van der Waals surface area contributed by atoms with Crippen molar-refractivity contribution < 1.29 is 0 Å².